The molecule has 0 amide bonds. The van der Waals surface area contributed by atoms with Gasteiger partial charge < -0.3 is 4.52 Å². The largest absolute Gasteiger partial charge is 0.326 e. The highest BCUT2D eigenvalue weighted by molar-refractivity contribution is 7.62. The van der Waals surface area contributed by atoms with E-state index in [0.29, 0.717) is 6.61 Å². The summed E-state index contributed by atoms with van der Waals surface area (Å²) in [5, 5.41) is 0.786. The standard InChI is InChI=1S/C6H11O2P/c1-6-4-3-5-8-9(6,2)7/h1,3-5H2,2H3. The van der Waals surface area contributed by atoms with Crippen LogP contribution in [0.1, 0.15) is 12.8 Å². The molecule has 0 saturated carbocycles. The first-order valence-electron chi connectivity index (χ1n) is 3.03. The van der Waals surface area contributed by atoms with Crippen molar-refractivity contribution in [2.24, 2.45) is 0 Å². The van der Waals surface area contributed by atoms with Gasteiger partial charge >= 0.3 is 0 Å². The van der Waals surface area contributed by atoms with E-state index in [9.17, 15) is 4.57 Å². The molecule has 0 radical (unpaired) electrons. The highest BCUT2D eigenvalue weighted by Gasteiger charge is 2.23. The first-order chi connectivity index (χ1) is 4.13. The van der Waals surface area contributed by atoms with Crippen LogP contribution < -0.4 is 0 Å². The van der Waals surface area contributed by atoms with Crippen LogP contribution in [0.2, 0.25) is 0 Å². The van der Waals surface area contributed by atoms with Crippen LogP contribution in [0.5, 0.6) is 0 Å². The predicted octanol–water partition coefficient (Wildman–Crippen LogP) is 2.22. The Morgan fingerprint density at radius 1 is 1.78 bits per heavy atom. The Bertz CT molecular complexity index is 174. The third-order valence-electron chi connectivity index (χ3n) is 1.52. The van der Waals surface area contributed by atoms with Gasteiger partial charge in [-0.3, -0.25) is 4.57 Å². The molecule has 0 bridgehead atoms. The second kappa shape index (κ2) is 2.28. The maximum absolute atomic E-state index is 11.2. The molecule has 0 aromatic carbocycles. The van der Waals surface area contributed by atoms with E-state index >= 15 is 0 Å². The summed E-state index contributed by atoms with van der Waals surface area (Å²) in [5.41, 5.74) is 0. The molecule has 1 saturated heterocycles. The fourth-order valence-corrected chi connectivity index (χ4v) is 2.03. The van der Waals surface area contributed by atoms with Crippen LogP contribution in [0, 0.1) is 0 Å². The SMILES string of the molecule is C=C1CCCOP1(C)=O. The summed E-state index contributed by atoms with van der Waals surface area (Å²) in [6, 6.07) is 0. The predicted molar refractivity (Wildman–Crippen MR) is 37.9 cm³/mol. The number of hydrogen-bond donors (Lipinski definition) is 0. The maximum atomic E-state index is 11.2. The van der Waals surface area contributed by atoms with E-state index in [1.54, 1.807) is 6.66 Å². The van der Waals surface area contributed by atoms with Crippen LogP contribution in [0.3, 0.4) is 0 Å². The zero-order valence-electron chi connectivity index (χ0n) is 5.59. The molecule has 2 nitrogen and oxygen atoms in total. The lowest BCUT2D eigenvalue weighted by molar-refractivity contribution is 0.300. The average molecular weight is 146 g/mol. The molecule has 0 aromatic rings. The monoisotopic (exact) mass is 146 g/mol. The first-order valence-corrected chi connectivity index (χ1v) is 5.10. The zero-order chi connectivity index (χ0) is 6.91. The molecule has 0 aromatic heterocycles. The molecular formula is C6H11O2P. The Morgan fingerprint density at radius 3 is 2.78 bits per heavy atom. The van der Waals surface area contributed by atoms with E-state index in [4.69, 9.17) is 4.52 Å². The van der Waals surface area contributed by atoms with Crippen molar-refractivity contribution in [3.63, 3.8) is 0 Å². The van der Waals surface area contributed by atoms with Crippen molar-refractivity contribution < 1.29 is 9.09 Å². The van der Waals surface area contributed by atoms with E-state index in [1.165, 1.54) is 0 Å². The fraction of sp³-hybridized carbons (Fsp3) is 0.667. The van der Waals surface area contributed by atoms with Crippen LogP contribution in [-0.4, -0.2) is 13.3 Å². The van der Waals surface area contributed by atoms with E-state index in [1.807, 2.05) is 0 Å². The Balaban J connectivity index is 2.72. The van der Waals surface area contributed by atoms with Crippen LogP contribution in [0.15, 0.2) is 11.9 Å². The van der Waals surface area contributed by atoms with Gasteiger partial charge in [-0.2, -0.15) is 0 Å². The van der Waals surface area contributed by atoms with Gasteiger partial charge in [-0.1, -0.05) is 6.58 Å². The van der Waals surface area contributed by atoms with Gasteiger partial charge in [0.2, 0.25) is 7.37 Å². The lowest BCUT2D eigenvalue weighted by Gasteiger charge is -2.21. The summed E-state index contributed by atoms with van der Waals surface area (Å²) >= 11 is 0. The van der Waals surface area contributed by atoms with Gasteiger partial charge in [0.1, 0.15) is 0 Å². The van der Waals surface area contributed by atoms with E-state index in [0.717, 1.165) is 18.2 Å². The van der Waals surface area contributed by atoms with Crippen molar-refractivity contribution in [2.45, 2.75) is 12.8 Å². The average Bonchev–Trinajstić information content (AvgIpc) is 1.77. The molecule has 1 aliphatic heterocycles. The summed E-state index contributed by atoms with van der Waals surface area (Å²) in [4.78, 5) is 0. The molecule has 0 aliphatic carbocycles. The second-order valence-corrected chi connectivity index (χ2v) is 4.93. The molecule has 1 aliphatic rings. The smallest absolute Gasteiger partial charge is 0.224 e. The number of hydrogen-bond acceptors (Lipinski definition) is 2. The minimum Gasteiger partial charge on any atom is -0.326 e. The van der Waals surface area contributed by atoms with Crippen LogP contribution in [-0.2, 0) is 9.09 Å². The molecule has 1 fully saturated rings. The van der Waals surface area contributed by atoms with Gasteiger partial charge in [0, 0.05) is 12.0 Å². The first kappa shape index (κ1) is 7.04. The fourth-order valence-electron chi connectivity index (χ4n) is 0.809. The highest BCUT2D eigenvalue weighted by atomic mass is 31.2. The van der Waals surface area contributed by atoms with Crippen molar-refractivity contribution in [2.75, 3.05) is 13.3 Å². The van der Waals surface area contributed by atoms with Gasteiger partial charge in [-0.05, 0) is 12.8 Å². The summed E-state index contributed by atoms with van der Waals surface area (Å²) in [7, 11) is -2.37. The Kier molecular flexibility index (Phi) is 1.78. The molecule has 1 rings (SSSR count). The lowest BCUT2D eigenvalue weighted by atomic mass is 10.3. The zero-order valence-corrected chi connectivity index (χ0v) is 6.49. The van der Waals surface area contributed by atoms with Crippen LogP contribution in [0.25, 0.3) is 0 Å². The minimum atomic E-state index is -2.37. The van der Waals surface area contributed by atoms with Gasteiger partial charge in [-0.25, -0.2) is 0 Å². The Hall–Kier alpha value is -0.0700. The van der Waals surface area contributed by atoms with E-state index in [-0.39, 0.29) is 0 Å². The maximum Gasteiger partial charge on any atom is 0.224 e. The topological polar surface area (TPSA) is 26.3 Å². The van der Waals surface area contributed by atoms with Gasteiger partial charge in [-0.15, -0.1) is 0 Å². The molecule has 9 heavy (non-hydrogen) atoms. The molecule has 0 spiro atoms. The van der Waals surface area contributed by atoms with Gasteiger partial charge in [0.15, 0.2) is 0 Å². The number of rotatable bonds is 0. The third-order valence-corrected chi connectivity index (χ3v) is 3.57. The van der Waals surface area contributed by atoms with Crippen molar-refractivity contribution in [1.82, 2.24) is 0 Å². The van der Waals surface area contributed by atoms with Crippen molar-refractivity contribution in [3.8, 4) is 0 Å². The van der Waals surface area contributed by atoms with Crippen LogP contribution >= 0.6 is 7.37 Å². The van der Waals surface area contributed by atoms with Gasteiger partial charge in [0.25, 0.3) is 0 Å². The summed E-state index contributed by atoms with van der Waals surface area (Å²) < 4.78 is 16.3. The van der Waals surface area contributed by atoms with E-state index < -0.39 is 7.37 Å². The summed E-state index contributed by atoms with van der Waals surface area (Å²) in [6.45, 7) is 5.94. The second-order valence-electron chi connectivity index (χ2n) is 2.35. The van der Waals surface area contributed by atoms with Gasteiger partial charge in [0.05, 0.1) is 6.61 Å². The summed E-state index contributed by atoms with van der Waals surface area (Å²) in [6.07, 6.45) is 1.84. The molecule has 52 valence electrons. The molecule has 1 unspecified atom stereocenters. The van der Waals surface area contributed by atoms with Crippen LogP contribution in [0.4, 0.5) is 0 Å². The molecule has 1 atom stereocenters. The van der Waals surface area contributed by atoms with Crippen molar-refractivity contribution >= 4 is 7.37 Å². The third kappa shape index (κ3) is 1.44. The molecule has 3 heteroatoms. The Morgan fingerprint density at radius 2 is 2.44 bits per heavy atom. The minimum absolute atomic E-state index is 0.632. The molecule has 0 N–H and O–H groups in total. The van der Waals surface area contributed by atoms with Crippen molar-refractivity contribution in [3.05, 3.63) is 11.9 Å². The Labute approximate surface area is 55.4 Å². The van der Waals surface area contributed by atoms with E-state index in [2.05, 4.69) is 6.58 Å². The lowest BCUT2D eigenvalue weighted by Crippen LogP contribution is -2.01. The normalized spacial score (nSPS) is 36.8. The molecule has 1 heterocycles. The van der Waals surface area contributed by atoms with Crippen molar-refractivity contribution in [1.29, 1.82) is 0 Å². The highest BCUT2D eigenvalue weighted by Crippen LogP contribution is 2.54. The number of allylic oxidation sites excluding steroid dienone is 1. The quantitative estimate of drug-likeness (QED) is 0.490. The summed E-state index contributed by atoms with van der Waals surface area (Å²) in [5.74, 6) is 0. The molecular weight excluding hydrogens is 135 g/mol.